The lowest BCUT2D eigenvalue weighted by Gasteiger charge is -2.29. The number of aromatic hydroxyl groups is 2. The fourth-order valence-corrected chi connectivity index (χ4v) is 2.71. The van der Waals surface area contributed by atoms with E-state index in [-0.39, 0.29) is 17.4 Å². The minimum Gasteiger partial charge on any atom is -0.508 e. The molecule has 4 heteroatoms. The maximum atomic E-state index is 12.5. The van der Waals surface area contributed by atoms with Gasteiger partial charge in [0.05, 0.1) is 5.56 Å². The van der Waals surface area contributed by atoms with Gasteiger partial charge < -0.3 is 15.1 Å². The molecule has 0 saturated heterocycles. The van der Waals surface area contributed by atoms with Crippen LogP contribution in [0.3, 0.4) is 0 Å². The summed E-state index contributed by atoms with van der Waals surface area (Å²) in [5.74, 6) is 0.0458. The van der Waals surface area contributed by atoms with Gasteiger partial charge >= 0.3 is 0 Å². The van der Waals surface area contributed by atoms with Gasteiger partial charge in [-0.2, -0.15) is 0 Å². The highest BCUT2D eigenvalue weighted by Crippen LogP contribution is 2.26. The van der Waals surface area contributed by atoms with Crippen molar-refractivity contribution >= 4 is 5.91 Å². The van der Waals surface area contributed by atoms with Gasteiger partial charge in [0.15, 0.2) is 0 Å². The van der Waals surface area contributed by atoms with Crippen LogP contribution in [0.2, 0.25) is 0 Å². The summed E-state index contributed by atoms with van der Waals surface area (Å²) in [6.45, 7) is 2.94. The zero-order chi connectivity index (χ0) is 15.0. The quantitative estimate of drug-likeness (QED) is 0.845. The molecule has 3 rings (SSSR count). The molecule has 1 heterocycles. The Balaban J connectivity index is 1.87. The highest BCUT2D eigenvalue weighted by Gasteiger charge is 2.23. The topological polar surface area (TPSA) is 60.8 Å². The van der Waals surface area contributed by atoms with E-state index in [0.29, 0.717) is 18.7 Å². The molecule has 1 aliphatic rings. The smallest absolute Gasteiger partial charge is 0.257 e. The first-order valence-corrected chi connectivity index (χ1v) is 6.94. The second kappa shape index (κ2) is 5.13. The Labute approximate surface area is 123 Å². The van der Waals surface area contributed by atoms with Gasteiger partial charge in [0.2, 0.25) is 0 Å². The predicted octanol–water partition coefficient (Wildman–Crippen LogP) is 2.60. The number of carbonyl (C=O) groups excluding carboxylic acids is 1. The molecule has 108 valence electrons. The molecule has 0 atom stereocenters. The SMILES string of the molecule is Cc1ccc(C(=O)N2CCc3ccc(O)cc3C2)c(O)c1. The average Bonchev–Trinajstić information content (AvgIpc) is 2.46. The van der Waals surface area contributed by atoms with Crippen molar-refractivity contribution in [3.8, 4) is 11.5 Å². The van der Waals surface area contributed by atoms with E-state index >= 15 is 0 Å². The first-order valence-electron chi connectivity index (χ1n) is 6.94. The molecule has 4 nitrogen and oxygen atoms in total. The summed E-state index contributed by atoms with van der Waals surface area (Å²) in [6.07, 6.45) is 0.758. The van der Waals surface area contributed by atoms with Crippen LogP contribution in [0.25, 0.3) is 0 Å². The van der Waals surface area contributed by atoms with Crippen molar-refractivity contribution in [2.75, 3.05) is 6.54 Å². The van der Waals surface area contributed by atoms with Crippen LogP contribution in [0.1, 0.15) is 27.0 Å². The minimum absolute atomic E-state index is 0.0155. The van der Waals surface area contributed by atoms with Crippen molar-refractivity contribution in [1.82, 2.24) is 4.90 Å². The van der Waals surface area contributed by atoms with Gasteiger partial charge in [-0.3, -0.25) is 4.79 Å². The highest BCUT2D eigenvalue weighted by molar-refractivity contribution is 5.97. The van der Waals surface area contributed by atoms with Crippen molar-refractivity contribution < 1.29 is 15.0 Å². The van der Waals surface area contributed by atoms with Crippen LogP contribution in [0.5, 0.6) is 11.5 Å². The molecule has 0 bridgehead atoms. The van der Waals surface area contributed by atoms with Crippen molar-refractivity contribution in [2.45, 2.75) is 19.9 Å². The van der Waals surface area contributed by atoms with Gasteiger partial charge in [-0.25, -0.2) is 0 Å². The highest BCUT2D eigenvalue weighted by atomic mass is 16.3. The number of carbonyl (C=O) groups is 1. The molecule has 0 fully saturated rings. The molecule has 2 aromatic carbocycles. The van der Waals surface area contributed by atoms with Gasteiger partial charge in [0, 0.05) is 13.1 Å². The molecule has 1 aliphatic heterocycles. The number of amides is 1. The third-order valence-electron chi connectivity index (χ3n) is 3.87. The van der Waals surface area contributed by atoms with Crippen molar-refractivity contribution in [3.05, 3.63) is 58.7 Å². The Bertz CT molecular complexity index is 709. The fourth-order valence-electron chi connectivity index (χ4n) is 2.71. The van der Waals surface area contributed by atoms with Gasteiger partial charge in [0.25, 0.3) is 5.91 Å². The summed E-state index contributed by atoms with van der Waals surface area (Å²) in [5, 5.41) is 19.5. The molecule has 0 saturated carbocycles. The lowest BCUT2D eigenvalue weighted by molar-refractivity contribution is 0.0731. The molecular formula is C17H17NO3. The van der Waals surface area contributed by atoms with Gasteiger partial charge in [-0.15, -0.1) is 0 Å². The van der Waals surface area contributed by atoms with Crippen LogP contribution in [0, 0.1) is 6.92 Å². The van der Waals surface area contributed by atoms with E-state index in [9.17, 15) is 15.0 Å². The van der Waals surface area contributed by atoms with E-state index in [4.69, 9.17) is 0 Å². The number of phenolic OH excluding ortho intramolecular Hbond substituents is 2. The van der Waals surface area contributed by atoms with Crippen LogP contribution in [-0.4, -0.2) is 27.6 Å². The average molecular weight is 283 g/mol. The first kappa shape index (κ1) is 13.5. The summed E-state index contributed by atoms with van der Waals surface area (Å²) in [5.41, 5.74) is 3.35. The van der Waals surface area contributed by atoms with Crippen LogP contribution in [-0.2, 0) is 13.0 Å². The van der Waals surface area contributed by atoms with Gasteiger partial charge in [-0.1, -0.05) is 12.1 Å². The zero-order valence-corrected chi connectivity index (χ0v) is 11.8. The molecule has 21 heavy (non-hydrogen) atoms. The Morgan fingerprint density at radius 1 is 1.10 bits per heavy atom. The molecule has 0 aliphatic carbocycles. The molecule has 1 amide bonds. The van der Waals surface area contributed by atoms with E-state index in [1.165, 1.54) is 0 Å². The van der Waals surface area contributed by atoms with E-state index in [2.05, 4.69) is 0 Å². The zero-order valence-electron chi connectivity index (χ0n) is 11.8. The number of phenols is 2. The van der Waals surface area contributed by atoms with E-state index in [1.54, 1.807) is 29.2 Å². The molecular weight excluding hydrogens is 266 g/mol. The third-order valence-corrected chi connectivity index (χ3v) is 3.87. The number of rotatable bonds is 1. The molecule has 2 N–H and O–H groups in total. The Morgan fingerprint density at radius 3 is 2.67 bits per heavy atom. The first-order chi connectivity index (χ1) is 10.0. The molecule has 0 spiro atoms. The van der Waals surface area contributed by atoms with Gasteiger partial charge in [0.1, 0.15) is 11.5 Å². The van der Waals surface area contributed by atoms with E-state index in [0.717, 1.165) is 23.1 Å². The number of hydrogen-bond acceptors (Lipinski definition) is 3. The Kier molecular flexibility index (Phi) is 3.29. The second-order valence-electron chi connectivity index (χ2n) is 5.45. The lowest BCUT2D eigenvalue weighted by atomic mass is 9.98. The number of aryl methyl sites for hydroxylation is 1. The number of fused-ring (bicyclic) bond motifs is 1. The number of benzene rings is 2. The lowest BCUT2D eigenvalue weighted by Crippen LogP contribution is -2.35. The standard InChI is InChI=1S/C17H17NO3/c1-11-2-5-15(16(20)8-11)17(21)18-7-6-12-3-4-14(19)9-13(12)10-18/h2-5,8-9,19-20H,6-7,10H2,1H3. The summed E-state index contributed by atoms with van der Waals surface area (Å²) >= 11 is 0. The fraction of sp³-hybridized carbons (Fsp3) is 0.235. The van der Waals surface area contributed by atoms with Crippen molar-refractivity contribution in [1.29, 1.82) is 0 Å². The number of nitrogens with zero attached hydrogens (tertiary/aromatic N) is 1. The van der Waals surface area contributed by atoms with Crippen molar-refractivity contribution in [2.24, 2.45) is 0 Å². The third kappa shape index (κ3) is 2.57. The summed E-state index contributed by atoms with van der Waals surface area (Å²) in [6, 6.07) is 10.3. The van der Waals surface area contributed by atoms with Crippen LogP contribution >= 0.6 is 0 Å². The van der Waals surface area contributed by atoms with E-state index < -0.39 is 0 Å². The molecule has 0 radical (unpaired) electrons. The normalized spacial score (nSPS) is 13.9. The maximum absolute atomic E-state index is 12.5. The molecule has 0 aromatic heterocycles. The second-order valence-corrected chi connectivity index (χ2v) is 5.45. The predicted molar refractivity (Wildman–Crippen MR) is 79.4 cm³/mol. The van der Waals surface area contributed by atoms with Gasteiger partial charge in [-0.05, 0) is 54.3 Å². The van der Waals surface area contributed by atoms with Crippen LogP contribution in [0.15, 0.2) is 36.4 Å². The maximum Gasteiger partial charge on any atom is 0.257 e. The molecule has 2 aromatic rings. The Hall–Kier alpha value is -2.49. The summed E-state index contributed by atoms with van der Waals surface area (Å²) in [4.78, 5) is 14.2. The largest absolute Gasteiger partial charge is 0.508 e. The minimum atomic E-state index is -0.179. The van der Waals surface area contributed by atoms with Crippen molar-refractivity contribution in [3.63, 3.8) is 0 Å². The molecule has 0 unspecified atom stereocenters. The summed E-state index contributed by atoms with van der Waals surface area (Å²) in [7, 11) is 0. The monoisotopic (exact) mass is 283 g/mol. The number of hydrogen-bond donors (Lipinski definition) is 2. The van der Waals surface area contributed by atoms with Crippen LogP contribution in [0.4, 0.5) is 0 Å². The summed E-state index contributed by atoms with van der Waals surface area (Å²) < 4.78 is 0. The van der Waals surface area contributed by atoms with Crippen LogP contribution < -0.4 is 0 Å². The van der Waals surface area contributed by atoms with E-state index in [1.807, 2.05) is 19.1 Å². The Morgan fingerprint density at radius 2 is 1.90 bits per heavy atom.